The molecule has 0 amide bonds. The molecule has 0 bridgehead atoms. The molecule has 2 aromatic heterocycles. The first-order chi connectivity index (χ1) is 29.5. The Labute approximate surface area is 352 Å². The molecule has 0 radical (unpaired) electrons. The molecule has 2 nitrogen and oxygen atoms in total. The molecule has 0 N–H and O–H groups in total. The maximum Gasteiger partial charge on any atom is 0.172 e. The molecule has 1 unspecified atom stereocenters. The van der Waals surface area contributed by atoms with Crippen LogP contribution in [0.2, 0.25) is 0 Å². The van der Waals surface area contributed by atoms with Crippen LogP contribution in [0.5, 0.6) is 0 Å². The van der Waals surface area contributed by atoms with Crippen LogP contribution in [0.1, 0.15) is 50.7 Å². The number of aromatic nitrogens is 2. The van der Waals surface area contributed by atoms with Crippen LogP contribution in [0.4, 0.5) is 0 Å². The maximum absolute atomic E-state index is 2.80. The molecule has 0 spiro atoms. The lowest BCUT2D eigenvalue weighted by Gasteiger charge is -2.40. The van der Waals surface area contributed by atoms with Gasteiger partial charge in [-0.05, 0) is 107 Å². The Hall–Kier alpha value is -6.68. The van der Waals surface area contributed by atoms with E-state index in [1.807, 2.05) is 0 Å². The van der Waals surface area contributed by atoms with Gasteiger partial charge in [-0.25, -0.2) is 0 Å². The van der Waals surface area contributed by atoms with E-state index in [4.69, 9.17) is 0 Å². The molecule has 0 saturated carbocycles. The predicted molar refractivity (Wildman–Crippen MR) is 257 cm³/mol. The SMILES string of the molecule is CC1(C)c2ccccc2-c2cc3c(cc21)c1ccccc1n3C1=CC=C([Si](C2=CC=CCC2)(c2ccccc2)c2cccc3c2c2ccccc2n3-c2ccccc2)CC1. The minimum Gasteiger partial charge on any atom is -0.313 e. The molecule has 288 valence electrons. The van der Waals surface area contributed by atoms with E-state index >= 15 is 0 Å². The minimum absolute atomic E-state index is 0.0459. The van der Waals surface area contributed by atoms with Crippen LogP contribution in [-0.2, 0) is 5.41 Å². The second kappa shape index (κ2) is 13.4. The molecular weight excluding hydrogens is 741 g/mol. The number of para-hydroxylation sites is 3. The summed E-state index contributed by atoms with van der Waals surface area (Å²) in [5.41, 5.74) is 13.2. The highest BCUT2D eigenvalue weighted by molar-refractivity contribution is 7.13. The summed E-state index contributed by atoms with van der Waals surface area (Å²) in [7, 11) is -2.80. The van der Waals surface area contributed by atoms with Gasteiger partial charge in [0, 0.05) is 38.3 Å². The Morgan fingerprint density at radius 2 is 1.17 bits per heavy atom. The minimum atomic E-state index is -2.80. The third-order valence-electron chi connectivity index (χ3n) is 14.1. The van der Waals surface area contributed by atoms with Crippen molar-refractivity contribution in [1.82, 2.24) is 9.13 Å². The highest BCUT2D eigenvalue weighted by atomic mass is 28.3. The van der Waals surface area contributed by atoms with Crippen molar-refractivity contribution in [2.75, 3.05) is 0 Å². The average molecular weight is 787 g/mol. The van der Waals surface area contributed by atoms with Crippen molar-refractivity contribution in [3.63, 3.8) is 0 Å². The summed E-state index contributed by atoms with van der Waals surface area (Å²) < 4.78 is 5.08. The first-order valence-electron chi connectivity index (χ1n) is 21.6. The Bertz CT molecular complexity index is 3330. The van der Waals surface area contributed by atoms with Gasteiger partial charge in [-0.15, -0.1) is 0 Å². The van der Waals surface area contributed by atoms with Gasteiger partial charge < -0.3 is 9.13 Å². The zero-order valence-electron chi connectivity index (χ0n) is 34.2. The summed E-state index contributed by atoms with van der Waals surface area (Å²) in [5.74, 6) is 0. The summed E-state index contributed by atoms with van der Waals surface area (Å²) in [4.78, 5) is 0. The topological polar surface area (TPSA) is 9.86 Å². The first kappa shape index (κ1) is 35.3. The fourth-order valence-electron chi connectivity index (χ4n) is 11.5. The zero-order valence-corrected chi connectivity index (χ0v) is 35.2. The third-order valence-corrected chi connectivity index (χ3v) is 19.3. The molecule has 1 atom stereocenters. The molecule has 0 fully saturated rings. The number of allylic oxidation sites excluding steroid dienone is 8. The Balaban J connectivity index is 1.13. The Morgan fingerprint density at radius 3 is 1.93 bits per heavy atom. The summed E-state index contributed by atoms with van der Waals surface area (Å²) in [6.07, 6.45) is 16.3. The van der Waals surface area contributed by atoms with Crippen molar-refractivity contribution in [3.8, 4) is 16.8 Å². The zero-order chi connectivity index (χ0) is 40.0. The molecule has 0 saturated heterocycles. The van der Waals surface area contributed by atoms with Crippen molar-refractivity contribution in [2.24, 2.45) is 0 Å². The van der Waals surface area contributed by atoms with E-state index in [1.165, 1.54) is 87.6 Å². The average Bonchev–Trinajstić information content (AvgIpc) is 3.90. The van der Waals surface area contributed by atoms with Gasteiger partial charge in [-0.3, -0.25) is 0 Å². The lowest BCUT2D eigenvalue weighted by molar-refractivity contribution is 0.661. The molecular formula is C57H46N2Si. The maximum atomic E-state index is 2.59. The number of rotatable bonds is 6. The second-order valence-corrected chi connectivity index (χ2v) is 21.4. The smallest absolute Gasteiger partial charge is 0.172 e. The quantitative estimate of drug-likeness (QED) is 0.149. The number of benzene rings is 7. The van der Waals surface area contributed by atoms with E-state index in [9.17, 15) is 0 Å². The van der Waals surface area contributed by atoms with Crippen LogP contribution in [0, 0.1) is 0 Å². The normalized spacial score (nSPS) is 16.7. The molecule has 12 rings (SSSR count). The molecule has 7 aromatic carbocycles. The molecule has 3 heteroatoms. The standard InChI is InChI=1S/C57H46N2Si/c1-57(2)49-28-15-12-25-44(49)47-38-54-48(37-50(47)57)45-26-13-16-29-51(45)59(54)40-33-35-43(36-34-40)60(41-21-8-4-9-22-41,42-23-10-5-11-24-42)55-32-18-31-53-56(55)46-27-14-17-30-52(46)58(53)39-19-6-3-7-20-39/h3-10,12-23,25-33,35,37-38H,11,24,34,36H2,1-2H3. The largest absolute Gasteiger partial charge is 0.313 e. The van der Waals surface area contributed by atoms with Gasteiger partial charge in [0.1, 0.15) is 0 Å². The number of hydrogen-bond acceptors (Lipinski definition) is 0. The van der Waals surface area contributed by atoms with Crippen LogP contribution >= 0.6 is 0 Å². The van der Waals surface area contributed by atoms with Gasteiger partial charge in [0.2, 0.25) is 0 Å². The van der Waals surface area contributed by atoms with E-state index in [0.29, 0.717) is 0 Å². The fraction of sp³-hybridized carbons (Fsp3) is 0.123. The highest BCUT2D eigenvalue weighted by Gasteiger charge is 2.46. The van der Waals surface area contributed by atoms with Gasteiger partial charge in [0.05, 0.1) is 22.1 Å². The third kappa shape index (κ3) is 4.93. The van der Waals surface area contributed by atoms with Crippen LogP contribution in [0.25, 0.3) is 66.1 Å². The summed E-state index contributed by atoms with van der Waals surface area (Å²) in [6, 6.07) is 61.8. The summed E-state index contributed by atoms with van der Waals surface area (Å²) >= 11 is 0. The molecule has 3 aliphatic carbocycles. The number of hydrogen-bond donors (Lipinski definition) is 0. The van der Waals surface area contributed by atoms with E-state index in [0.717, 1.165) is 25.7 Å². The van der Waals surface area contributed by atoms with E-state index in [1.54, 1.807) is 10.4 Å². The van der Waals surface area contributed by atoms with Crippen LogP contribution in [0.15, 0.2) is 205 Å². The molecule has 9 aromatic rings. The highest BCUT2D eigenvalue weighted by Crippen LogP contribution is 2.51. The van der Waals surface area contributed by atoms with Crippen molar-refractivity contribution in [3.05, 3.63) is 216 Å². The lowest BCUT2D eigenvalue weighted by Crippen LogP contribution is -2.62. The summed E-state index contributed by atoms with van der Waals surface area (Å²) in [6.45, 7) is 4.78. The second-order valence-electron chi connectivity index (χ2n) is 17.5. The van der Waals surface area contributed by atoms with E-state index in [2.05, 4.69) is 217 Å². The van der Waals surface area contributed by atoms with Gasteiger partial charge in [-0.1, -0.05) is 170 Å². The predicted octanol–water partition coefficient (Wildman–Crippen LogP) is 13.4. The molecule has 0 aliphatic heterocycles. The van der Waals surface area contributed by atoms with Gasteiger partial charge in [0.25, 0.3) is 0 Å². The lowest BCUT2D eigenvalue weighted by atomic mass is 9.82. The Kier molecular flexibility index (Phi) is 7.89. The van der Waals surface area contributed by atoms with Gasteiger partial charge >= 0.3 is 0 Å². The van der Waals surface area contributed by atoms with E-state index in [-0.39, 0.29) is 5.41 Å². The summed E-state index contributed by atoms with van der Waals surface area (Å²) in [5, 5.41) is 11.5. The van der Waals surface area contributed by atoms with Crippen molar-refractivity contribution in [2.45, 2.75) is 44.9 Å². The molecule has 60 heavy (non-hydrogen) atoms. The fourth-order valence-corrected chi connectivity index (χ4v) is 17.0. The van der Waals surface area contributed by atoms with Crippen molar-refractivity contribution >= 4 is 67.8 Å². The monoisotopic (exact) mass is 786 g/mol. The Morgan fingerprint density at radius 1 is 0.483 bits per heavy atom. The van der Waals surface area contributed by atoms with Crippen molar-refractivity contribution in [1.29, 1.82) is 0 Å². The molecule has 2 heterocycles. The van der Waals surface area contributed by atoms with Crippen LogP contribution < -0.4 is 10.4 Å². The molecule has 3 aliphatic rings. The van der Waals surface area contributed by atoms with Crippen LogP contribution in [-0.4, -0.2) is 17.2 Å². The first-order valence-corrected chi connectivity index (χ1v) is 23.6. The van der Waals surface area contributed by atoms with E-state index < -0.39 is 8.07 Å². The number of fused-ring (bicyclic) bond motifs is 9. The van der Waals surface area contributed by atoms with Crippen molar-refractivity contribution < 1.29 is 0 Å². The van der Waals surface area contributed by atoms with Crippen LogP contribution in [0.3, 0.4) is 0 Å². The van der Waals surface area contributed by atoms with Gasteiger partial charge in [-0.2, -0.15) is 0 Å². The number of nitrogens with zero attached hydrogens (tertiary/aromatic N) is 2. The van der Waals surface area contributed by atoms with Gasteiger partial charge in [0.15, 0.2) is 8.07 Å².